The Morgan fingerprint density at radius 1 is 1.26 bits per heavy atom. The quantitative estimate of drug-likeness (QED) is 0.854. The predicted octanol–water partition coefficient (Wildman–Crippen LogP) is 3.12. The third-order valence-corrected chi connectivity index (χ3v) is 2.48. The molecule has 0 spiro atoms. The fraction of sp³-hybridized carbons (Fsp3) is 0.250. The van der Waals surface area contributed by atoms with Crippen molar-refractivity contribution in [2.24, 2.45) is 7.05 Å². The minimum absolute atomic E-state index is 0.0286. The Morgan fingerprint density at radius 2 is 1.95 bits per heavy atom. The van der Waals surface area contributed by atoms with E-state index in [9.17, 15) is 13.2 Å². The second-order valence-electron chi connectivity index (χ2n) is 4.10. The Kier molecular flexibility index (Phi) is 3.13. The van der Waals surface area contributed by atoms with Gasteiger partial charge in [0.05, 0.1) is 5.69 Å². The summed E-state index contributed by atoms with van der Waals surface area (Å²) in [6.45, 7) is 1.72. The van der Waals surface area contributed by atoms with E-state index in [1.165, 1.54) is 16.8 Å². The van der Waals surface area contributed by atoms with Gasteiger partial charge in [-0.15, -0.1) is 0 Å². The van der Waals surface area contributed by atoms with E-state index in [2.05, 4.69) is 5.10 Å². The molecule has 0 atom stereocenters. The molecule has 0 saturated heterocycles. The first-order valence-corrected chi connectivity index (χ1v) is 5.42. The van der Waals surface area contributed by atoms with Crippen LogP contribution in [-0.4, -0.2) is 9.78 Å². The molecule has 7 heteroatoms. The van der Waals surface area contributed by atoms with Crippen molar-refractivity contribution in [1.29, 1.82) is 0 Å². The molecule has 0 saturated carbocycles. The molecule has 2 rings (SSSR count). The molecule has 1 aromatic heterocycles. The van der Waals surface area contributed by atoms with Crippen LogP contribution >= 0.6 is 0 Å². The predicted molar refractivity (Wildman–Crippen MR) is 63.9 cm³/mol. The van der Waals surface area contributed by atoms with Crippen LogP contribution in [0, 0.1) is 6.92 Å². The van der Waals surface area contributed by atoms with Crippen LogP contribution in [0.5, 0.6) is 11.6 Å². The van der Waals surface area contributed by atoms with Crippen molar-refractivity contribution in [2.45, 2.75) is 13.1 Å². The highest BCUT2D eigenvalue weighted by atomic mass is 19.4. The van der Waals surface area contributed by atoms with E-state index >= 15 is 0 Å². The van der Waals surface area contributed by atoms with Gasteiger partial charge in [0, 0.05) is 18.8 Å². The van der Waals surface area contributed by atoms with Gasteiger partial charge in [-0.2, -0.15) is 18.3 Å². The number of alkyl halides is 3. The Labute approximate surface area is 107 Å². The van der Waals surface area contributed by atoms with Gasteiger partial charge in [0.2, 0.25) is 5.88 Å². The lowest BCUT2D eigenvalue weighted by atomic mass is 10.1. The molecule has 2 aromatic rings. The maximum Gasteiger partial charge on any atom is 0.420 e. The van der Waals surface area contributed by atoms with Gasteiger partial charge in [0.25, 0.3) is 0 Å². The number of halogens is 3. The molecule has 0 aliphatic rings. The van der Waals surface area contributed by atoms with Crippen molar-refractivity contribution < 1.29 is 17.9 Å². The van der Waals surface area contributed by atoms with Crippen molar-refractivity contribution >= 4 is 5.69 Å². The minimum atomic E-state index is -4.53. The molecule has 0 bridgehead atoms. The van der Waals surface area contributed by atoms with Gasteiger partial charge in [-0.3, -0.25) is 0 Å². The Balaban J connectivity index is 2.43. The van der Waals surface area contributed by atoms with Gasteiger partial charge in [-0.25, -0.2) is 4.68 Å². The van der Waals surface area contributed by atoms with E-state index in [1.54, 1.807) is 20.0 Å². The summed E-state index contributed by atoms with van der Waals surface area (Å²) < 4.78 is 45.3. The van der Waals surface area contributed by atoms with E-state index in [0.717, 1.165) is 6.07 Å². The van der Waals surface area contributed by atoms with Crippen molar-refractivity contribution in [3.05, 3.63) is 35.5 Å². The summed E-state index contributed by atoms with van der Waals surface area (Å²) in [4.78, 5) is 0. The summed E-state index contributed by atoms with van der Waals surface area (Å²) in [5.41, 5.74) is 5.15. The standard InChI is InChI=1S/C12H12F3N3O/c1-7-5-11(18(2)17-7)19-10-4-3-8(16)6-9(10)12(13,14)15/h3-6H,16H2,1-2H3. The van der Waals surface area contributed by atoms with Crippen LogP contribution in [0.4, 0.5) is 18.9 Å². The van der Waals surface area contributed by atoms with E-state index in [4.69, 9.17) is 10.5 Å². The lowest BCUT2D eigenvalue weighted by molar-refractivity contribution is -0.138. The zero-order valence-electron chi connectivity index (χ0n) is 10.3. The van der Waals surface area contributed by atoms with Gasteiger partial charge < -0.3 is 10.5 Å². The number of nitrogens with zero attached hydrogens (tertiary/aromatic N) is 2. The van der Waals surface area contributed by atoms with Crippen molar-refractivity contribution in [1.82, 2.24) is 9.78 Å². The molecule has 0 fully saturated rings. The molecule has 2 N–H and O–H groups in total. The van der Waals surface area contributed by atoms with Gasteiger partial charge in [-0.05, 0) is 25.1 Å². The van der Waals surface area contributed by atoms with Crippen LogP contribution in [0.1, 0.15) is 11.3 Å². The van der Waals surface area contributed by atoms with Crippen LogP contribution in [0.15, 0.2) is 24.3 Å². The number of aryl methyl sites for hydroxylation is 2. The summed E-state index contributed by atoms with van der Waals surface area (Å²) >= 11 is 0. The average Bonchev–Trinajstić information content (AvgIpc) is 2.58. The van der Waals surface area contributed by atoms with Gasteiger partial charge >= 0.3 is 6.18 Å². The second kappa shape index (κ2) is 4.49. The topological polar surface area (TPSA) is 53.1 Å². The summed E-state index contributed by atoms with van der Waals surface area (Å²) in [6, 6.07) is 4.95. The minimum Gasteiger partial charge on any atom is -0.439 e. The zero-order valence-corrected chi connectivity index (χ0v) is 10.3. The van der Waals surface area contributed by atoms with E-state index < -0.39 is 11.7 Å². The Hall–Kier alpha value is -2.18. The summed E-state index contributed by atoms with van der Waals surface area (Å²) in [5.74, 6) is -0.0718. The number of hydrogen-bond acceptors (Lipinski definition) is 3. The second-order valence-corrected chi connectivity index (χ2v) is 4.10. The fourth-order valence-corrected chi connectivity index (χ4v) is 1.65. The zero-order chi connectivity index (χ0) is 14.2. The first-order valence-electron chi connectivity index (χ1n) is 5.42. The third-order valence-electron chi connectivity index (χ3n) is 2.48. The van der Waals surface area contributed by atoms with E-state index in [-0.39, 0.29) is 17.3 Å². The molecule has 0 aliphatic heterocycles. The largest absolute Gasteiger partial charge is 0.439 e. The number of anilines is 1. The van der Waals surface area contributed by atoms with Crippen molar-refractivity contribution in [3.8, 4) is 11.6 Å². The Morgan fingerprint density at radius 3 is 2.47 bits per heavy atom. The number of rotatable bonds is 2. The number of nitrogens with two attached hydrogens (primary N) is 1. The van der Waals surface area contributed by atoms with E-state index in [1.807, 2.05) is 0 Å². The highest BCUT2D eigenvalue weighted by Crippen LogP contribution is 2.39. The normalized spacial score (nSPS) is 11.6. The maximum atomic E-state index is 12.9. The summed E-state index contributed by atoms with van der Waals surface area (Å²) in [7, 11) is 1.59. The molecular weight excluding hydrogens is 259 g/mol. The molecule has 0 amide bonds. The molecular formula is C12H12F3N3O. The SMILES string of the molecule is Cc1cc(Oc2ccc(N)cc2C(F)(F)F)n(C)n1. The van der Waals surface area contributed by atoms with Gasteiger partial charge in [0.15, 0.2) is 0 Å². The molecule has 0 aliphatic carbocycles. The first kappa shape index (κ1) is 13.3. The molecule has 1 aromatic carbocycles. The highest BCUT2D eigenvalue weighted by Gasteiger charge is 2.35. The fourth-order valence-electron chi connectivity index (χ4n) is 1.65. The molecule has 0 radical (unpaired) electrons. The van der Waals surface area contributed by atoms with Crippen LogP contribution in [0.3, 0.4) is 0 Å². The Bertz CT molecular complexity index is 605. The lowest BCUT2D eigenvalue weighted by Gasteiger charge is -2.14. The van der Waals surface area contributed by atoms with Crippen LogP contribution in [0.25, 0.3) is 0 Å². The van der Waals surface area contributed by atoms with Gasteiger partial charge in [0.1, 0.15) is 11.3 Å². The average molecular weight is 271 g/mol. The molecule has 4 nitrogen and oxygen atoms in total. The van der Waals surface area contributed by atoms with Crippen LogP contribution < -0.4 is 10.5 Å². The lowest BCUT2D eigenvalue weighted by Crippen LogP contribution is -2.08. The molecule has 0 unspecified atom stereocenters. The maximum absolute atomic E-state index is 12.9. The first-order chi connectivity index (χ1) is 8.77. The highest BCUT2D eigenvalue weighted by molar-refractivity contribution is 5.50. The number of nitrogen functional groups attached to an aromatic ring is 1. The van der Waals surface area contributed by atoms with Crippen LogP contribution in [0.2, 0.25) is 0 Å². The molecule has 1 heterocycles. The monoisotopic (exact) mass is 271 g/mol. The van der Waals surface area contributed by atoms with E-state index in [0.29, 0.717) is 5.69 Å². The number of benzene rings is 1. The molecule has 102 valence electrons. The van der Waals surface area contributed by atoms with Crippen molar-refractivity contribution in [2.75, 3.05) is 5.73 Å². The smallest absolute Gasteiger partial charge is 0.420 e. The van der Waals surface area contributed by atoms with Crippen LogP contribution in [-0.2, 0) is 13.2 Å². The summed E-state index contributed by atoms with van der Waals surface area (Å²) in [5, 5.41) is 4.00. The van der Waals surface area contributed by atoms with Crippen molar-refractivity contribution in [3.63, 3.8) is 0 Å². The third kappa shape index (κ3) is 2.81. The van der Waals surface area contributed by atoms with Gasteiger partial charge in [-0.1, -0.05) is 0 Å². The number of ether oxygens (including phenoxy) is 1. The number of aromatic nitrogens is 2. The molecule has 19 heavy (non-hydrogen) atoms. The number of hydrogen-bond donors (Lipinski definition) is 1. The summed E-state index contributed by atoms with van der Waals surface area (Å²) in [6.07, 6.45) is -4.53.